The largest absolute Gasteiger partial charge is 0.379 e. The summed E-state index contributed by atoms with van der Waals surface area (Å²) in [7, 11) is 0. The summed E-state index contributed by atoms with van der Waals surface area (Å²) >= 11 is 0. The number of hydrogen-bond acceptors (Lipinski definition) is 3. The second-order valence-electron chi connectivity index (χ2n) is 6.93. The van der Waals surface area contributed by atoms with E-state index in [4.69, 9.17) is 4.74 Å². The lowest BCUT2D eigenvalue weighted by Gasteiger charge is -2.42. The van der Waals surface area contributed by atoms with Gasteiger partial charge in [0, 0.05) is 31.2 Å². The van der Waals surface area contributed by atoms with Gasteiger partial charge in [0.2, 0.25) is 0 Å². The zero-order chi connectivity index (χ0) is 15.3. The van der Waals surface area contributed by atoms with Gasteiger partial charge < -0.3 is 10.1 Å². The third-order valence-electron chi connectivity index (χ3n) is 4.45. The molecule has 0 bridgehead atoms. The van der Waals surface area contributed by atoms with Crippen LogP contribution in [0.3, 0.4) is 0 Å². The summed E-state index contributed by atoms with van der Waals surface area (Å²) in [4.78, 5) is 2.53. The maximum absolute atomic E-state index is 5.47. The fourth-order valence-corrected chi connectivity index (χ4v) is 3.04. The highest BCUT2D eigenvalue weighted by molar-refractivity contribution is 5.19. The van der Waals surface area contributed by atoms with Crippen molar-refractivity contribution < 1.29 is 4.74 Å². The van der Waals surface area contributed by atoms with Gasteiger partial charge in [0.25, 0.3) is 0 Å². The lowest BCUT2D eigenvalue weighted by atomic mass is 9.94. The molecule has 1 aliphatic rings. The summed E-state index contributed by atoms with van der Waals surface area (Å²) in [5, 5.41) is 3.79. The van der Waals surface area contributed by atoms with Crippen LogP contribution < -0.4 is 5.32 Å². The molecule has 1 atom stereocenters. The number of nitrogens with one attached hydrogen (secondary N) is 1. The molecule has 1 fully saturated rings. The summed E-state index contributed by atoms with van der Waals surface area (Å²) < 4.78 is 5.47. The first kappa shape index (κ1) is 16.5. The highest BCUT2D eigenvalue weighted by atomic mass is 16.5. The molecule has 118 valence electrons. The minimum atomic E-state index is 0.158. The standard InChI is InChI=1S/C18H30N2O/c1-15(2)17(16-8-6-5-7-9-16)19-14-18(3,4)20-10-12-21-13-11-20/h5-9,15,17,19H,10-14H2,1-4H3. The average molecular weight is 290 g/mol. The van der Waals surface area contributed by atoms with Gasteiger partial charge in [-0.15, -0.1) is 0 Å². The average Bonchev–Trinajstić information content (AvgIpc) is 2.49. The Kier molecular flexibility index (Phi) is 5.80. The molecule has 1 aromatic rings. The monoisotopic (exact) mass is 290 g/mol. The summed E-state index contributed by atoms with van der Waals surface area (Å²) in [6.45, 7) is 14.0. The van der Waals surface area contributed by atoms with Crippen LogP contribution in [0.5, 0.6) is 0 Å². The molecule has 1 heterocycles. The number of ether oxygens (including phenoxy) is 1. The van der Waals surface area contributed by atoms with Gasteiger partial charge in [0.1, 0.15) is 0 Å². The van der Waals surface area contributed by atoms with Crippen LogP contribution in [0, 0.1) is 5.92 Å². The van der Waals surface area contributed by atoms with Gasteiger partial charge in [-0.1, -0.05) is 44.2 Å². The van der Waals surface area contributed by atoms with Gasteiger partial charge in [-0.3, -0.25) is 4.90 Å². The third kappa shape index (κ3) is 4.53. The van der Waals surface area contributed by atoms with Gasteiger partial charge in [-0.2, -0.15) is 0 Å². The quantitative estimate of drug-likeness (QED) is 0.871. The molecule has 3 nitrogen and oxygen atoms in total. The smallest absolute Gasteiger partial charge is 0.0594 e. The van der Waals surface area contributed by atoms with Crippen molar-refractivity contribution in [2.45, 2.75) is 39.3 Å². The number of benzene rings is 1. The van der Waals surface area contributed by atoms with Crippen molar-refractivity contribution in [3.63, 3.8) is 0 Å². The van der Waals surface area contributed by atoms with Gasteiger partial charge >= 0.3 is 0 Å². The highest BCUT2D eigenvalue weighted by Crippen LogP contribution is 2.23. The van der Waals surface area contributed by atoms with Crippen molar-refractivity contribution in [1.29, 1.82) is 0 Å². The van der Waals surface area contributed by atoms with E-state index in [0.29, 0.717) is 12.0 Å². The highest BCUT2D eigenvalue weighted by Gasteiger charge is 2.29. The molecule has 21 heavy (non-hydrogen) atoms. The molecular formula is C18H30N2O. The van der Waals surface area contributed by atoms with E-state index in [1.54, 1.807) is 0 Å². The second-order valence-corrected chi connectivity index (χ2v) is 6.93. The Morgan fingerprint density at radius 2 is 1.76 bits per heavy atom. The Balaban J connectivity index is 1.98. The molecule has 0 amide bonds. The molecule has 1 unspecified atom stereocenters. The maximum Gasteiger partial charge on any atom is 0.0594 e. The first-order valence-corrected chi connectivity index (χ1v) is 8.12. The van der Waals surface area contributed by atoms with E-state index in [0.717, 1.165) is 32.8 Å². The van der Waals surface area contributed by atoms with E-state index in [9.17, 15) is 0 Å². The SMILES string of the molecule is CC(C)C(NCC(C)(C)N1CCOCC1)c1ccccc1. The number of hydrogen-bond donors (Lipinski definition) is 1. The lowest BCUT2D eigenvalue weighted by Crippen LogP contribution is -2.55. The maximum atomic E-state index is 5.47. The van der Waals surface area contributed by atoms with Crippen LogP contribution in [-0.2, 0) is 4.74 Å². The molecule has 0 aromatic heterocycles. The van der Waals surface area contributed by atoms with E-state index in [2.05, 4.69) is 68.2 Å². The van der Waals surface area contributed by atoms with E-state index < -0.39 is 0 Å². The zero-order valence-electron chi connectivity index (χ0n) is 13.9. The molecule has 0 spiro atoms. The molecule has 3 heteroatoms. The predicted molar refractivity (Wildman–Crippen MR) is 88.5 cm³/mol. The molecule has 0 aliphatic carbocycles. The van der Waals surface area contributed by atoms with Crippen molar-refractivity contribution in [3.05, 3.63) is 35.9 Å². The van der Waals surface area contributed by atoms with Crippen LogP contribution in [0.4, 0.5) is 0 Å². The number of rotatable bonds is 6. The van der Waals surface area contributed by atoms with Crippen LogP contribution >= 0.6 is 0 Å². The van der Waals surface area contributed by atoms with E-state index in [-0.39, 0.29) is 5.54 Å². The molecule has 1 aromatic carbocycles. The van der Waals surface area contributed by atoms with Crippen LogP contribution in [0.25, 0.3) is 0 Å². The first-order chi connectivity index (χ1) is 10.0. The van der Waals surface area contributed by atoms with Crippen molar-refractivity contribution in [2.24, 2.45) is 5.92 Å². The minimum absolute atomic E-state index is 0.158. The third-order valence-corrected chi connectivity index (χ3v) is 4.45. The van der Waals surface area contributed by atoms with E-state index in [1.165, 1.54) is 5.56 Å². The van der Waals surface area contributed by atoms with Crippen LogP contribution in [0.1, 0.15) is 39.3 Å². The molecule has 2 rings (SSSR count). The lowest BCUT2D eigenvalue weighted by molar-refractivity contribution is -0.0108. The van der Waals surface area contributed by atoms with Crippen molar-refractivity contribution in [3.8, 4) is 0 Å². The molecule has 0 saturated carbocycles. The van der Waals surface area contributed by atoms with Crippen molar-refractivity contribution in [1.82, 2.24) is 10.2 Å². The minimum Gasteiger partial charge on any atom is -0.379 e. The zero-order valence-corrected chi connectivity index (χ0v) is 13.9. The van der Waals surface area contributed by atoms with E-state index in [1.807, 2.05) is 0 Å². The topological polar surface area (TPSA) is 24.5 Å². The Bertz CT molecular complexity index is 410. The van der Waals surface area contributed by atoms with Gasteiger partial charge in [-0.25, -0.2) is 0 Å². The summed E-state index contributed by atoms with van der Waals surface area (Å²) in [6.07, 6.45) is 0. The summed E-state index contributed by atoms with van der Waals surface area (Å²) in [6, 6.07) is 11.2. The fourth-order valence-electron chi connectivity index (χ4n) is 3.04. The van der Waals surface area contributed by atoms with Crippen LogP contribution in [0.2, 0.25) is 0 Å². The Morgan fingerprint density at radius 3 is 2.33 bits per heavy atom. The first-order valence-electron chi connectivity index (χ1n) is 8.12. The van der Waals surface area contributed by atoms with Gasteiger partial charge in [0.05, 0.1) is 13.2 Å². The normalized spacial score (nSPS) is 18.9. The van der Waals surface area contributed by atoms with Crippen molar-refractivity contribution >= 4 is 0 Å². The summed E-state index contributed by atoms with van der Waals surface area (Å²) in [5.41, 5.74) is 1.54. The Morgan fingerprint density at radius 1 is 1.14 bits per heavy atom. The molecule has 0 radical (unpaired) electrons. The van der Waals surface area contributed by atoms with Crippen LogP contribution in [0.15, 0.2) is 30.3 Å². The van der Waals surface area contributed by atoms with Gasteiger partial charge in [-0.05, 0) is 25.3 Å². The van der Waals surface area contributed by atoms with E-state index >= 15 is 0 Å². The molecular weight excluding hydrogens is 260 g/mol. The Hall–Kier alpha value is -0.900. The molecule has 1 aliphatic heterocycles. The van der Waals surface area contributed by atoms with Crippen molar-refractivity contribution in [2.75, 3.05) is 32.8 Å². The van der Waals surface area contributed by atoms with Gasteiger partial charge in [0.15, 0.2) is 0 Å². The molecule has 1 saturated heterocycles. The fraction of sp³-hybridized carbons (Fsp3) is 0.667. The Labute approximate surface area is 129 Å². The van der Waals surface area contributed by atoms with Crippen LogP contribution in [-0.4, -0.2) is 43.3 Å². The second kappa shape index (κ2) is 7.39. The molecule has 1 N–H and O–H groups in total. The predicted octanol–water partition coefficient (Wildman–Crippen LogP) is 3.08. The number of nitrogens with zero attached hydrogens (tertiary/aromatic N) is 1. The summed E-state index contributed by atoms with van der Waals surface area (Å²) in [5.74, 6) is 0.577. The number of morpholine rings is 1.